The van der Waals surface area contributed by atoms with Crippen molar-refractivity contribution in [1.82, 2.24) is 0 Å². The second-order valence-electron chi connectivity index (χ2n) is 5.63. The third-order valence-electron chi connectivity index (χ3n) is 4.57. The molecule has 3 atom stereocenters. The Morgan fingerprint density at radius 2 is 2.31 bits per heavy atom. The Hall–Kier alpha value is -1.29. The lowest BCUT2D eigenvalue weighted by atomic mass is 9.78. The molecule has 0 aromatic heterocycles. The van der Waals surface area contributed by atoms with E-state index in [0.717, 1.165) is 17.4 Å². The summed E-state index contributed by atoms with van der Waals surface area (Å²) in [6.45, 7) is 2.37. The first kappa shape index (κ1) is 9.90. The van der Waals surface area contributed by atoms with E-state index in [1.54, 1.807) is 0 Å². The van der Waals surface area contributed by atoms with Crippen LogP contribution in [0.1, 0.15) is 43.7 Å². The van der Waals surface area contributed by atoms with Crippen molar-refractivity contribution in [1.29, 1.82) is 5.26 Å². The molecule has 16 heavy (non-hydrogen) atoms. The van der Waals surface area contributed by atoms with E-state index in [9.17, 15) is 0 Å². The van der Waals surface area contributed by atoms with Gasteiger partial charge in [0.15, 0.2) is 0 Å². The molecule has 3 unspecified atom stereocenters. The van der Waals surface area contributed by atoms with Gasteiger partial charge in [-0.15, -0.1) is 0 Å². The summed E-state index contributed by atoms with van der Waals surface area (Å²) in [6, 6.07) is 10.5. The van der Waals surface area contributed by atoms with Gasteiger partial charge in [-0.05, 0) is 60.6 Å². The van der Waals surface area contributed by atoms with E-state index in [0.29, 0.717) is 5.41 Å². The molecule has 0 N–H and O–H groups in total. The third-order valence-corrected chi connectivity index (χ3v) is 4.57. The summed E-state index contributed by atoms with van der Waals surface area (Å²) in [5, 5.41) is 8.95. The van der Waals surface area contributed by atoms with Crippen molar-refractivity contribution in [3.63, 3.8) is 0 Å². The summed E-state index contributed by atoms with van der Waals surface area (Å²) in [5.74, 6) is 1.80. The Labute approximate surface area is 97.1 Å². The first-order valence-corrected chi connectivity index (χ1v) is 6.25. The average Bonchev–Trinajstić information content (AvgIpc) is 3.04. The maximum Gasteiger partial charge on any atom is 0.0991 e. The Kier molecular flexibility index (Phi) is 2.07. The number of benzene rings is 1. The molecule has 1 aromatic carbocycles. The number of fused-ring (bicyclic) bond motifs is 1. The molecule has 2 aliphatic rings. The van der Waals surface area contributed by atoms with E-state index in [2.05, 4.69) is 25.1 Å². The summed E-state index contributed by atoms with van der Waals surface area (Å²) in [6.07, 6.45) is 5.42. The molecule has 82 valence electrons. The number of nitrogens with zero attached hydrogens (tertiary/aromatic N) is 1. The highest BCUT2D eigenvalue weighted by Crippen LogP contribution is 2.63. The fourth-order valence-electron chi connectivity index (χ4n) is 3.50. The number of hydrogen-bond acceptors (Lipinski definition) is 1. The zero-order chi connectivity index (χ0) is 11.2. The van der Waals surface area contributed by atoms with E-state index in [1.807, 2.05) is 12.1 Å². The van der Waals surface area contributed by atoms with E-state index in [1.165, 1.54) is 31.2 Å². The summed E-state index contributed by atoms with van der Waals surface area (Å²) >= 11 is 0. The molecule has 2 saturated carbocycles. The molecule has 0 amide bonds. The van der Waals surface area contributed by atoms with E-state index in [4.69, 9.17) is 5.26 Å². The van der Waals surface area contributed by atoms with Gasteiger partial charge in [0, 0.05) is 0 Å². The van der Waals surface area contributed by atoms with Gasteiger partial charge in [0.25, 0.3) is 0 Å². The third kappa shape index (κ3) is 1.37. The molecule has 1 heteroatoms. The molecule has 3 rings (SSSR count). The van der Waals surface area contributed by atoms with Crippen LogP contribution >= 0.6 is 0 Å². The number of rotatable bonds is 1. The fourth-order valence-corrected chi connectivity index (χ4v) is 3.50. The van der Waals surface area contributed by atoms with Crippen molar-refractivity contribution in [2.24, 2.45) is 11.8 Å². The van der Waals surface area contributed by atoms with Crippen LogP contribution in [0.15, 0.2) is 24.3 Å². The van der Waals surface area contributed by atoms with Gasteiger partial charge in [-0.25, -0.2) is 0 Å². The lowest BCUT2D eigenvalue weighted by Crippen LogP contribution is -2.18. The lowest BCUT2D eigenvalue weighted by molar-refractivity contribution is 0.337. The summed E-state index contributed by atoms with van der Waals surface area (Å²) < 4.78 is 0. The SMILES string of the molecule is CC1CCC2(c3cccc(C#N)c3)CC2C1. The van der Waals surface area contributed by atoms with Gasteiger partial charge in [0.2, 0.25) is 0 Å². The zero-order valence-corrected chi connectivity index (χ0v) is 9.74. The van der Waals surface area contributed by atoms with Crippen LogP contribution in [0, 0.1) is 23.2 Å². The Balaban J connectivity index is 1.91. The van der Waals surface area contributed by atoms with Gasteiger partial charge in [0.1, 0.15) is 0 Å². The first-order chi connectivity index (χ1) is 7.74. The molecule has 0 bridgehead atoms. The van der Waals surface area contributed by atoms with E-state index in [-0.39, 0.29) is 0 Å². The molecule has 2 aliphatic carbocycles. The smallest absolute Gasteiger partial charge is 0.0991 e. The van der Waals surface area contributed by atoms with Crippen molar-refractivity contribution < 1.29 is 0 Å². The molecule has 0 spiro atoms. The first-order valence-electron chi connectivity index (χ1n) is 6.25. The van der Waals surface area contributed by atoms with Gasteiger partial charge in [-0.3, -0.25) is 0 Å². The van der Waals surface area contributed by atoms with Gasteiger partial charge in [0.05, 0.1) is 11.6 Å². The van der Waals surface area contributed by atoms with E-state index >= 15 is 0 Å². The normalized spacial score (nSPS) is 36.2. The van der Waals surface area contributed by atoms with Crippen molar-refractivity contribution in [3.05, 3.63) is 35.4 Å². The molecular weight excluding hydrogens is 194 g/mol. The molecule has 0 aliphatic heterocycles. The van der Waals surface area contributed by atoms with Crippen LogP contribution in [0.3, 0.4) is 0 Å². The minimum atomic E-state index is 0.458. The van der Waals surface area contributed by atoms with Gasteiger partial charge >= 0.3 is 0 Å². The fraction of sp³-hybridized carbons (Fsp3) is 0.533. The van der Waals surface area contributed by atoms with Gasteiger partial charge in [-0.2, -0.15) is 5.26 Å². The topological polar surface area (TPSA) is 23.8 Å². The highest BCUT2D eigenvalue weighted by atomic mass is 14.6. The van der Waals surface area contributed by atoms with Crippen LogP contribution in [0.5, 0.6) is 0 Å². The molecule has 2 fully saturated rings. The molecule has 0 saturated heterocycles. The molecular formula is C15H17N. The predicted octanol–water partition coefficient (Wildman–Crippen LogP) is 3.64. The van der Waals surface area contributed by atoms with Crippen molar-refractivity contribution in [2.75, 3.05) is 0 Å². The Morgan fingerprint density at radius 1 is 1.44 bits per heavy atom. The Bertz CT molecular complexity index is 457. The monoisotopic (exact) mass is 211 g/mol. The van der Waals surface area contributed by atoms with Gasteiger partial charge in [-0.1, -0.05) is 19.1 Å². The highest BCUT2D eigenvalue weighted by Gasteiger charge is 2.56. The minimum absolute atomic E-state index is 0.458. The largest absolute Gasteiger partial charge is 0.192 e. The van der Waals surface area contributed by atoms with Crippen LogP contribution in [-0.2, 0) is 5.41 Å². The summed E-state index contributed by atoms with van der Waals surface area (Å²) in [4.78, 5) is 0. The van der Waals surface area contributed by atoms with E-state index < -0.39 is 0 Å². The second-order valence-corrected chi connectivity index (χ2v) is 5.63. The number of hydrogen-bond donors (Lipinski definition) is 0. The Morgan fingerprint density at radius 3 is 3.06 bits per heavy atom. The zero-order valence-electron chi connectivity index (χ0n) is 9.74. The standard InChI is InChI=1S/C15H17N/c1-11-5-6-15(9-14(15)7-11)13-4-2-3-12(8-13)10-16/h2-4,8,11,14H,5-7,9H2,1H3. The maximum atomic E-state index is 8.95. The highest BCUT2D eigenvalue weighted by molar-refractivity contribution is 5.41. The van der Waals surface area contributed by atoms with Crippen LogP contribution in [0.4, 0.5) is 0 Å². The summed E-state index contributed by atoms with van der Waals surface area (Å²) in [7, 11) is 0. The van der Waals surface area contributed by atoms with Crippen LogP contribution in [0.25, 0.3) is 0 Å². The lowest BCUT2D eigenvalue weighted by Gasteiger charge is -2.26. The minimum Gasteiger partial charge on any atom is -0.192 e. The maximum absolute atomic E-state index is 8.95. The van der Waals surface area contributed by atoms with Crippen LogP contribution < -0.4 is 0 Å². The van der Waals surface area contributed by atoms with Crippen molar-refractivity contribution in [3.8, 4) is 6.07 Å². The van der Waals surface area contributed by atoms with Gasteiger partial charge < -0.3 is 0 Å². The van der Waals surface area contributed by atoms with Crippen LogP contribution in [0.2, 0.25) is 0 Å². The predicted molar refractivity (Wildman–Crippen MR) is 64.0 cm³/mol. The molecule has 1 aromatic rings. The van der Waals surface area contributed by atoms with Crippen molar-refractivity contribution in [2.45, 2.75) is 38.0 Å². The van der Waals surface area contributed by atoms with Crippen LogP contribution in [-0.4, -0.2) is 0 Å². The molecule has 1 nitrogen and oxygen atoms in total. The molecule has 0 radical (unpaired) electrons. The number of nitriles is 1. The average molecular weight is 211 g/mol. The second kappa shape index (κ2) is 3.35. The quantitative estimate of drug-likeness (QED) is 0.695. The van der Waals surface area contributed by atoms with Crippen molar-refractivity contribution >= 4 is 0 Å². The summed E-state index contributed by atoms with van der Waals surface area (Å²) in [5.41, 5.74) is 2.69. The molecule has 0 heterocycles.